The Morgan fingerprint density at radius 2 is 1.36 bits per heavy atom. The summed E-state index contributed by atoms with van der Waals surface area (Å²) in [6.07, 6.45) is 4.95. The molecule has 0 N–H and O–H groups in total. The molecular formula is C19H42N2O. The van der Waals surface area contributed by atoms with Gasteiger partial charge < -0.3 is 14.5 Å². The molecule has 0 radical (unpaired) electrons. The number of hydrogen-bond acceptors (Lipinski definition) is 3. The minimum atomic E-state index is 0.397. The summed E-state index contributed by atoms with van der Waals surface area (Å²) in [5.74, 6) is 0. The van der Waals surface area contributed by atoms with E-state index in [1.54, 1.807) is 0 Å². The Morgan fingerprint density at radius 1 is 0.727 bits per heavy atom. The molecule has 0 aliphatic carbocycles. The quantitative estimate of drug-likeness (QED) is 0.504. The standard InChI is InChI=1S/C19H42N2O/c1-18(2,3)11-14-21(8)15-17-22-16-12-19(4,5)10-9-13-20(6)7/h9-17H2,1-8H3. The maximum absolute atomic E-state index is 5.85. The molecule has 0 amide bonds. The molecule has 0 saturated heterocycles. The van der Waals surface area contributed by atoms with Crippen LogP contribution in [0.2, 0.25) is 0 Å². The van der Waals surface area contributed by atoms with Crippen molar-refractivity contribution in [2.75, 3.05) is 54.0 Å². The second-order valence-electron chi connectivity index (χ2n) is 9.05. The van der Waals surface area contributed by atoms with Gasteiger partial charge in [-0.15, -0.1) is 0 Å². The monoisotopic (exact) mass is 314 g/mol. The van der Waals surface area contributed by atoms with Crippen molar-refractivity contribution in [2.45, 2.75) is 60.3 Å². The highest BCUT2D eigenvalue weighted by molar-refractivity contribution is 4.69. The SMILES string of the molecule is CN(C)CCCC(C)(C)CCOCCN(C)CCC(C)(C)C. The Morgan fingerprint density at radius 3 is 1.91 bits per heavy atom. The topological polar surface area (TPSA) is 15.7 Å². The van der Waals surface area contributed by atoms with Crippen molar-refractivity contribution < 1.29 is 4.74 Å². The van der Waals surface area contributed by atoms with Gasteiger partial charge in [0.15, 0.2) is 0 Å². The van der Waals surface area contributed by atoms with E-state index in [0.717, 1.165) is 32.7 Å². The Labute approximate surface area is 140 Å². The fraction of sp³-hybridized carbons (Fsp3) is 1.00. The van der Waals surface area contributed by atoms with Crippen LogP contribution < -0.4 is 0 Å². The van der Waals surface area contributed by atoms with Crippen molar-refractivity contribution in [3.63, 3.8) is 0 Å². The van der Waals surface area contributed by atoms with E-state index in [-0.39, 0.29) is 0 Å². The van der Waals surface area contributed by atoms with Gasteiger partial charge in [-0.25, -0.2) is 0 Å². The fourth-order valence-electron chi connectivity index (χ4n) is 2.31. The Balaban J connectivity index is 3.62. The first-order valence-corrected chi connectivity index (χ1v) is 8.93. The van der Waals surface area contributed by atoms with Gasteiger partial charge in [0, 0.05) is 13.2 Å². The van der Waals surface area contributed by atoms with E-state index < -0.39 is 0 Å². The van der Waals surface area contributed by atoms with E-state index in [9.17, 15) is 0 Å². The first-order chi connectivity index (χ1) is 10.0. The molecule has 134 valence electrons. The first-order valence-electron chi connectivity index (χ1n) is 8.93. The van der Waals surface area contributed by atoms with E-state index in [1.165, 1.54) is 25.8 Å². The zero-order valence-corrected chi connectivity index (χ0v) is 16.7. The molecule has 0 aliphatic heterocycles. The van der Waals surface area contributed by atoms with Gasteiger partial charge in [0.25, 0.3) is 0 Å². The molecule has 0 aromatic rings. The summed E-state index contributed by atoms with van der Waals surface area (Å²) in [6.45, 7) is 16.8. The molecule has 0 spiro atoms. The van der Waals surface area contributed by atoms with E-state index in [1.807, 2.05) is 0 Å². The normalized spacial score (nSPS) is 13.4. The van der Waals surface area contributed by atoms with Crippen LogP contribution in [0.1, 0.15) is 60.3 Å². The smallest absolute Gasteiger partial charge is 0.0593 e. The highest BCUT2D eigenvalue weighted by Gasteiger charge is 2.17. The van der Waals surface area contributed by atoms with Crippen LogP contribution in [-0.2, 0) is 4.74 Å². The van der Waals surface area contributed by atoms with Gasteiger partial charge in [0.1, 0.15) is 0 Å². The first kappa shape index (κ1) is 21.9. The number of rotatable bonds is 12. The summed E-state index contributed by atoms with van der Waals surface area (Å²) in [4.78, 5) is 4.65. The summed E-state index contributed by atoms with van der Waals surface area (Å²) in [5, 5.41) is 0. The third-order valence-electron chi connectivity index (χ3n) is 4.24. The highest BCUT2D eigenvalue weighted by Crippen LogP contribution is 2.26. The van der Waals surface area contributed by atoms with E-state index in [0.29, 0.717) is 10.8 Å². The van der Waals surface area contributed by atoms with Crippen molar-refractivity contribution in [2.24, 2.45) is 10.8 Å². The number of nitrogens with zero attached hydrogens (tertiary/aromatic N) is 2. The molecule has 0 fully saturated rings. The summed E-state index contributed by atoms with van der Waals surface area (Å²) >= 11 is 0. The third kappa shape index (κ3) is 14.8. The van der Waals surface area contributed by atoms with Gasteiger partial charge in [-0.05, 0) is 70.7 Å². The van der Waals surface area contributed by atoms with Crippen LogP contribution >= 0.6 is 0 Å². The molecule has 0 saturated carbocycles. The Hall–Kier alpha value is -0.120. The molecule has 0 rings (SSSR count). The molecular weight excluding hydrogens is 272 g/mol. The lowest BCUT2D eigenvalue weighted by Gasteiger charge is -2.26. The molecule has 3 heteroatoms. The number of ether oxygens (including phenoxy) is 1. The average Bonchev–Trinajstić information content (AvgIpc) is 2.34. The second-order valence-corrected chi connectivity index (χ2v) is 9.05. The summed E-state index contributed by atoms with van der Waals surface area (Å²) in [5.41, 5.74) is 0.819. The van der Waals surface area contributed by atoms with Gasteiger partial charge in [0.05, 0.1) is 6.61 Å². The van der Waals surface area contributed by atoms with Crippen LogP contribution in [0.3, 0.4) is 0 Å². The predicted molar refractivity (Wildman–Crippen MR) is 98.6 cm³/mol. The van der Waals surface area contributed by atoms with Crippen molar-refractivity contribution in [3.05, 3.63) is 0 Å². The van der Waals surface area contributed by atoms with Gasteiger partial charge in [-0.2, -0.15) is 0 Å². The zero-order valence-electron chi connectivity index (χ0n) is 16.7. The summed E-state index contributed by atoms with van der Waals surface area (Å²) < 4.78 is 5.85. The van der Waals surface area contributed by atoms with Crippen LogP contribution in [-0.4, -0.2) is 63.8 Å². The minimum Gasteiger partial charge on any atom is -0.380 e. The minimum absolute atomic E-state index is 0.397. The molecule has 0 aromatic carbocycles. The van der Waals surface area contributed by atoms with Crippen molar-refractivity contribution in [3.8, 4) is 0 Å². The van der Waals surface area contributed by atoms with Crippen molar-refractivity contribution >= 4 is 0 Å². The van der Waals surface area contributed by atoms with Crippen LogP contribution in [0.5, 0.6) is 0 Å². The molecule has 3 nitrogen and oxygen atoms in total. The lowest BCUT2D eigenvalue weighted by atomic mass is 9.85. The lowest BCUT2D eigenvalue weighted by Crippen LogP contribution is -2.27. The summed E-state index contributed by atoms with van der Waals surface area (Å²) in [7, 11) is 6.48. The van der Waals surface area contributed by atoms with Crippen LogP contribution in [0.25, 0.3) is 0 Å². The number of hydrogen-bond donors (Lipinski definition) is 0. The maximum atomic E-state index is 5.85. The predicted octanol–water partition coefficient (Wildman–Crippen LogP) is 4.13. The van der Waals surface area contributed by atoms with Crippen LogP contribution in [0, 0.1) is 10.8 Å². The molecule has 0 atom stereocenters. The lowest BCUT2D eigenvalue weighted by molar-refractivity contribution is 0.0825. The van der Waals surface area contributed by atoms with Gasteiger partial charge in [0.2, 0.25) is 0 Å². The van der Waals surface area contributed by atoms with Gasteiger partial charge in [-0.3, -0.25) is 0 Å². The molecule has 0 aliphatic rings. The Bertz CT molecular complexity index is 269. The van der Waals surface area contributed by atoms with E-state index >= 15 is 0 Å². The molecule has 0 aromatic heterocycles. The maximum Gasteiger partial charge on any atom is 0.0593 e. The van der Waals surface area contributed by atoms with E-state index in [4.69, 9.17) is 4.74 Å². The van der Waals surface area contributed by atoms with Crippen LogP contribution in [0.15, 0.2) is 0 Å². The molecule has 0 bridgehead atoms. The summed E-state index contributed by atoms with van der Waals surface area (Å²) in [6, 6.07) is 0. The molecule has 0 heterocycles. The average molecular weight is 315 g/mol. The van der Waals surface area contributed by atoms with E-state index in [2.05, 4.69) is 65.6 Å². The fourth-order valence-corrected chi connectivity index (χ4v) is 2.31. The zero-order chi connectivity index (χ0) is 17.2. The van der Waals surface area contributed by atoms with Gasteiger partial charge in [-0.1, -0.05) is 34.6 Å². The molecule has 0 unspecified atom stereocenters. The van der Waals surface area contributed by atoms with Crippen LogP contribution in [0.4, 0.5) is 0 Å². The molecule has 22 heavy (non-hydrogen) atoms. The Kier molecular flexibility index (Phi) is 10.6. The largest absolute Gasteiger partial charge is 0.380 e. The van der Waals surface area contributed by atoms with Crippen molar-refractivity contribution in [1.29, 1.82) is 0 Å². The number of likely N-dealkylation sites (N-methyl/N-ethyl adjacent to an activating group) is 1. The van der Waals surface area contributed by atoms with Crippen molar-refractivity contribution in [1.82, 2.24) is 9.80 Å². The van der Waals surface area contributed by atoms with Gasteiger partial charge >= 0.3 is 0 Å². The third-order valence-corrected chi connectivity index (χ3v) is 4.24. The highest BCUT2D eigenvalue weighted by atomic mass is 16.5. The second kappa shape index (κ2) is 10.6.